The van der Waals surface area contributed by atoms with Crippen molar-refractivity contribution < 1.29 is 23.5 Å². The molecular weight excluding hydrogens is 414 g/mol. The molecule has 0 bridgehead atoms. The quantitative estimate of drug-likeness (QED) is 0.376. The summed E-state index contributed by atoms with van der Waals surface area (Å²) in [5.74, 6) is -3.49. The van der Waals surface area contributed by atoms with Gasteiger partial charge in [0.25, 0.3) is 11.7 Å². The van der Waals surface area contributed by atoms with Gasteiger partial charge in [0, 0.05) is 23.6 Å². The maximum Gasteiger partial charge on any atom is 0.300 e. The van der Waals surface area contributed by atoms with E-state index in [9.17, 15) is 23.5 Å². The van der Waals surface area contributed by atoms with Gasteiger partial charge in [0.1, 0.15) is 17.4 Å². The van der Waals surface area contributed by atoms with Gasteiger partial charge in [0.2, 0.25) is 0 Å². The Bertz CT molecular complexity index is 1180. The van der Waals surface area contributed by atoms with Crippen molar-refractivity contribution in [1.82, 2.24) is 4.98 Å². The van der Waals surface area contributed by atoms with Crippen LogP contribution in [0, 0.1) is 11.6 Å². The number of aliphatic hydroxyl groups excluding tert-OH is 1. The Hall–Kier alpha value is -3.58. The minimum Gasteiger partial charge on any atom is -0.507 e. The Kier molecular flexibility index (Phi) is 5.05. The molecule has 2 aromatic carbocycles. The molecule has 1 aromatic heterocycles. The molecular formula is C22H13ClF2N2O3. The van der Waals surface area contributed by atoms with Gasteiger partial charge in [-0.2, -0.15) is 0 Å². The number of benzene rings is 2. The van der Waals surface area contributed by atoms with Crippen LogP contribution in [0.5, 0.6) is 0 Å². The largest absolute Gasteiger partial charge is 0.507 e. The second-order valence-electron chi connectivity index (χ2n) is 6.55. The summed E-state index contributed by atoms with van der Waals surface area (Å²) in [7, 11) is 0. The van der Waals surface area contributed by atoms with Gasteiger partial charge in [-0.1, -0.05) is 11.6 Å². The molecule has 1 unspecified atom stereocenters. The molecule has 1 aliphatic rings. The van der Waals surface area contributed by atoms with Gasteiger partial charge in [-0.25, -0.2) is 8.78 Å². The minimum absolute atomic E-state index is 0.172. The highest BCUT2D eigenvalue weighted by atomic mass is 35.5. The third kappa shape index (κ3) is 3.33. The molecule has 1 fully saturated rings. The summed E-state index contributed by atoms with van der Waals surface area (Å²) >= 11 is 5.87. The molecule has 1 N–H and O–H groups in total. The lowest BCUT2D eigenvalue weighted by Gasteiger charge is -2.25. The Morgan fingerprint density at radius 2 is 1.67 bits per heavy atom. The smallest absolute Gasteiger partial charge is 0.300 e. The van der Waals surface area contributed by atoms with Crippen LogP contribution in [-0.2, 0) is 9.59 Å². The minimum atomic E-state index is -1.01. The Morgan fingerprint density at radius 3 is 2.30 bits per heavy atom. The Morgan fingerprint density at radius 1 is 1.00 bits per heavy atom. The van der Waals surface area contributed by atoms with Gasteiger partial charge < -0.3 is 5.11 Å². The standard InChI is InChI=1S/C22H13ClF2N2O3/c23-16-11-15(5-6-17(16)25)27-19(12-7-9-26-10-8-12)18(21(29)22(27)30)20(28)13-1-3-14(24)4-2-13/h1-11,19,28H/b20-18+. The van der Waals surface area contributed by atoms with Crippen LogP contribution < -0.4 is 4.90 Å². The summed E-state index contributed by atoms with van der Waals surface area (Å²) in [6.07, 6.45) is 2.95. The third-order valence-electron chi connectivity index (χ3n) is 4.77. The first-order valence-electron chi connectivity index (χ1n) is 8.80. The van der Waals surface area contributed by atoms with Crippen LogP contribution in [0.2, 0.25) is 5.02 Å². The lowest BCUT2D eigenvalue weighted by molar-refractivity contribution is -0.132. The molecule has 3 aromatic rings. The second-order valence-corrected chi connectivity index (χ2v) is 6.96. The molecule has 0 saturated carbocycles. The lowest BCUT2D eigenvalue weighted by atomic mass is 9.96. The number of hydrogen-bond acceptors (Lipinski definition) is 4. The molecule has 0 aliphatic carbocycles. The number of anilines is 1. The third-order valence-corrected chi connectivity index (χ3v) is 5.05. The zero-order chi connectivity index (χ0) is 21.4. The summed E-state index contributed by atoms with van der Waals surface area (Å²) in [5.41, 5.74) is 0.667. The molecule has 0 spiro atoms. The van der Waals surface area contributed by atoms with E-state index in [1.807, 2.05) is 0 Å². The number of nitrogens with zero attached hydrogens (tertiary/aromatic N) is 2. The fourth-order valence-corrected chi connectivity index (χ4v) is 3.53. The van der Waals surface area contributed by atoms with E-state index < -0.39 is 35.1 Å². The van der Waals surface area contributed by atoms with Gasteiger partial charge in [0.15, 0.2) is 0 Å². The highest BCUT2D eigenvalue weighted by Gasteiger charge is 2.47. The fraction of sp³-hybridized carbons (Fsp3) is 0.0455. The summed E-state index contributed by atoms with van der Waals surface area (Å²) in [4.78, 5) is 30.9. The van der Waals surface area contributed by atoms with Gasteiger partial charge in [0.05, 0.1) is 16.6 Å². The van der Waals surface area contributed by atoms with Gasteiger partial charge in [-0.15, -0.1) is 0 Å². The van der Waals surface area contributed by atoms with E-state index in [0.717, 1.165) is 23.1 Å². The molecule has 2 heterocycles. The monoisotopic (exact) mass is 426 g/mol. The van der Waals surface area contributed by atoms with Crippen LogP contribution in [0.25, 0.3) is 5.76 Å². The first-order chi connectivity index (χ1) is 14.4. The Labute approximate surface area is 174 Å². The zero-order valence-corrected chi connectivity index (χ0v) is 16.0. The molecule has 1 aliphatic heterocycles. The van der Waals surface area contributed by atoms with E-state index >= 15 is 0 Å². The van der Waals surface area contributed by atoms with Crippen molar-refractivity contribution in [3.8, 4) is 0 Å². The van der Waals surface area contributed by atoms with Crippen molar-refractivity contribution in [1.29, 1.82) is 0 Å². The van der Waals surface area contributed by atoms with E-state index in [4.69, 9.17) is 11.6 Å². The van der Waals surface area contributed by atoms with Crippen molar-refractivity contribution >= 4 is 34.7 Å². The lowest BCUT2D eigenvalue weighted by Crippen LogP contribution is -2.29. The summed E-state index contributed by atoms with van der Waals surface area (Å²) < 4.78 is 26.9. The van der Waals surface area contributed by atoms with E-state index in [2.05, 4.69) is 4.98 Å². The number of rotatable bonds is 3. The molecule has 150 valence electrons. The number of pyridine rings is 1. The van der Waals surface area contributed by atoms with Crippen molar-refractivity contribution in [2.75, 3.05) is 4.90 Å². The average Bonchev–Trinajstić information content (AvgIpc) is 3.01. The average molecular weight is 427 g/mol. The zero-order valence-electron chi connectivity index (χ0n) is 15.2. The van der Waals surface area contributed by atoms with Crippen molar-refractivity contribution in [2.45, 2.75) is 6.04 Å². The maximum atomic E-state index is 13.6. The second kappa shape index (κ2) is 7.68. The highest BCUT2D eigenvalue weighted by Crippen LogP contribution is 2.42. The predicted octanol–water partition coefficient (Wildman–Crippen LogP) is 4.64. The van der Waals surface area contributed by atoms with Gasteiger partial charge >= 0.3 is 0 Å². The number of carbonyl (C=O) groups is 2. The van der Waals surface area contributed by atoms with Gasteiger partial charge in [-0.05, 0) is 60.2 Å². The van der Waals surface area contributed by atoms with E-state index in [-0.39, 0.29) is 21.8 Å². The molecule has 1 amide bonds. The normalized spacial score (nSPS) is 18.1. The number of amides is 1. The van der Waals surface area contributed by atoms with Crippen molar-refractivity contribution in [3.63, 3.8) is 0 Å². The first kappa shape index (κ1) is 19.7. The van der Waals surface area contributed by atoms with Crippen LogP contribution in [0.4, 0.5) is 14.5 Å². The molecule has 0 radical (unpaired) electrons. The maximum absolute atomic E-state index is 13.6. The molecule has 1 saturated heterocycles. The Balaban J connectivity index is 1.94. The summed E-state index contributed by atoms with van der Waals surface area (Å²) in [6.45, 7) is 0. The van der Waals surface area contributed by atoms with Crippen molar-refractivity contribution in [3.05, 3.63) is 100 Å². The van der Waals surface area contributed by atoms with Gasteiger partial charge in [-0.3, -0.25) is 19.5 Å². The molecule has 30 heavy (non-hydrogen) atoms. The first-order valence-corrected chi connectivity index (χ1v) is 9.18. The number of carbonyl (C=O) groups excluding carboxylic acids is 2. The number of halogens is 3. The fourth-order valence-electron chi connectivity index (χ4n) is 3.36. The highest BCUT2D eigenvalue weighted by molar-refractivity contribution is 6.51. The number of aliphatic hydroxyl groups is 1. The number of hydrogen-bond donors (Lipinski definition) is 1. The molecule has 4 rings (SSSR count). The predicted molar refractivity (Wildman–Crippen MR) is 107 cm³/mol. The van der Waals surface area contributed by atoms with E-state index in [0.29, 0.717) is 5.56 Å². The topological polar surface area (TPSA) is 70.5 Å². The SMILES string of the molecule is O=C1C(=O)N(c2ccc(F)c(Cl)c2)C(c2ccncc2)/C1=C(\O)c1ccc(F)cc1. The molecule has 8 heteroatoms. The van der Waals surface area contributed by atoms with Crippen molar-refractivity contribution in [2.24, 2.45) is 0 Å². The van der Waals surface area contributed by atoms with Crippen LogP contribution in [0.15, 0.2) is 72.6 Å². The molecule has 5 nitrogen and oxygen atoms in total. The number of aromatic nitrogens is 1. The van der Waals surface area contributed by atoms with Crippen LogP contribution >= 0.6 is 11.6 Å². The van der Waals surface area contributed by atoms with Crippen LogP contribution in [0.1, 0.15) is 17.2 Å². The van der Waals surface area contributed by atoms with Crippen LogP contribution in [-0.4, -0.2) is 21.8 Å². The van der Waals surface area contributed by atoms with Crippen LogP contribution in [0.3, 0.4) is 0 Å². The number of Topliss-reactive ketones (excluding diaryl/α,β-unsaturated/α-hetero) is 1. The van der Waals surface area contributed by atoms with E-state index in [1.165, 1.54) is 36.7 Å². The molecule has 1 atom stereocenters. The number of ketones is 1. The summed E-state index contributed by atoms with van der Waals surface area (Å²) in [5, 5.41) is 10.6. The van der Waals surface area contributed by atoms with E-state index in [1.54, 1.807) is 12.1 Å². The summed E-state index contributed by atoms with van der Waals surface area (Å²) in [6, 6.07) is 10.7.